The van der Waals surface area contributed by atoms with Crippen LogP contribution in [0.15, 0.2) is 76.1 Å². The fourth-order valence-electron chi connectivity index (χ4n) is 2.04. The molecular formula is C18H15N3O. The first-order valence-corrected chi connectivity index (χ1v) is 6.86. The highest BCUT2D eigenvalue weighted by molar-refractivity contribution is 5.95. The van der Waals surface area contributed by atoms with Crippen molar-refractivity contribution in [3.05, 3.63) is 78.1 Å². The first-order valence-electron chi connectivity index (χ1n) is 6.86. The molecule has 0 fully saturated rings. The SMILES string of the molecule is N=C(N)c1ccc(-c2ccc(C=Nc3ccccc3)o2)cc1. The van der Waals surface area contributed by atoms with Crippen molar-refractivity contribution < 1.29 is 4.42 Å². The number of furan rings is 1. The van der Waals surface area contributed by atoms with Crippen LogP contribution < -0.4 is 5.73 Å². The maximum Gasteiger partial charge on any atom is 0.145 e. The van der Waals surface area contributed by atoms with E-state index in [9.17, 15) is 0 Å². The number of nitrogens with zero attached hydrogens (tertiary/aromatic N) is 1. The molecule has 4 heteroatoms. The van der Waals surface area contributed by atoms with E-state index in [1.807, 2.05) is 54.6 Å². The number of nitrogen functional groups attached to an aromatic ring is 1. The van der Waals surface area contributed by atoms with Gasteiger partial charge in [0.15, 0.2) is 0 Å². The summed E-state index contributed by atoms with van der Waals surface area (Å²) in [4.78, 5) is 4.36. The molecular weight excluding hydrogens is 274 g/mol. The molecule has 0 atom stereocenters. The van der Waals surface area contributed by atoms with Gasteiger partial charge in [-0.1, -0.05) is 42.5 Å². The minimum absolute atomic E-state index is 0.0571. The Morgan fingerprint density at radius 3 is 2.36 bits per heavy atom. The van der Waals surface area contributed by atoms with Crippen molar-refractivity contribution in [1.82, 2.24) is 0 Å². The molecule has 3 rings (SSSR count). The zero-order valence-corrected chi connectivity index (χ0v) is 11.9. The predicted molar refractivity (Wildman–Crippen MR) is 88.9 cm³/mol. The van der Waals surface area contributed by atoms with Crippen LogP contribution in [0.25, 0.3) is 11.3 Å². The van der Waals surface area contributed by atoms with Gasteiger partial charge in [0.25, 0.3) is 0 Å². The summed E-state index contributed by atoms with van der Waals surface area (Å²) in [5.74, 6) is 1.50. The summed E-state index contributed by atoms with van der Waals surface area (Å²) in [5.41, 5.74) is 7.95. The monoisotopic (exact) mass is 289 g/mol. The Morgan fingerprint density at radius 2 is 1.68 bits per heavy atom. The molecule has 0 spiro atoms. The van der Waals surface area contributed by atoms with Gasteiger partial charge in [-0.25, -0.2) is 0 Å². The van der Waals surface area contributed by atoms with E-state index in [-0.39, 0.29) is 5.84 Å². The smallest absolute Gasteiger partial charge is 0.145 e. The van der Waals surface area contributed by atoms with Crippen molar-refractivity contribution in [3.8, 4) is 11.3 Å². The third kappa shape index (κ3) is 3.12. The van der Waals surface area contributed by atoms with Crippen LogP contribution in [0.2, 0.25) is 0 Å². The van der Waals surface area contributed by atoms with E-state index in [4.69, 9.17) is 15.6 Å². The van der Waals surface area contributed by atoms with Crippen LogP contribution in [0.5, 0.6) is 0 Å². The second-order valence-corrected chi connectivity index (χ2v) is 4.79. The Kier molecular flexibility index (Phi) is 3.83. The van der Waals surface area contributed by atoms with E-state index in [2.05, 4.69) is 4.99 Å². The van der Waals surface area contributed by atoms with Gasteiger partial charge >= 0.3 is 0 Å². The largest absolute Gasteiger partial charge is 0.455 e. The number of nitrogens with one attached hydrogen (secondary N) is 1. The van der Waals surface area contributed by atoms with E-state index < -0.39 is 0 Å². The summed E-state index contributed by atoms with van der Waals surface area (Å²) in [6.07, 6.45) is 1.70. The van der Waals surface area contributed by atoms with E-state index in [0.29, 0.717) is 11.3 Å². The molecule has 0 aliphatic heterocycles. The Labute approximate surface area is 128 Å². The highest BCUT2D eigenvalue weighted by Gasteiger charge is 2.04. The standard InChI is InChI=1S/C18H15N3O/c19-18(20)14-8-6-13(7-9-14)17-11-10-16(22-17)12-21-15-4-2-1-3-5-15/h1-12H,(H3,19,20). The van der Waals surface area contributed by atoms with Crippen LogP contribution in [0.1, 0.15) is 11.3 Å². The summed E-state index contributed by atoms with van der Waals surface area (Å²) >= 11 is 0. The van der Waals surface area contributed by atoms with Crippen LogP contribution >= 0.6 is 0 Å². The number of para-hydroxylation sites is 1. The van der Waals surface area contributed by atoms with Crippen LogP contribution in [-0.4, -0.2) is 12.1 Å². The Morgan fingerprint density at radius 1 is 0.955 bits per heavy atom. The summed E-state index contributed by atoms with van der Waals surface area (Å²) in [6.45, 7) is 0. The quantitative estimate of drug-likeness (QED) is 0.563. The first-order chi connectivity index (χ1) is 10.7. The first kappa shape index (κ1) is 13.8. The van der Waals surface area contributed by atoms with E-state index in [1.165, 1.54) is 0 Å². The molecule has 3 N–H and O–H groups in total. The van der Waals surface area contributed by atoms with Crippen molar-refractivity contribution in [3.63, 3.8) is 0 Å². The molecule has 4 nitrogen and oxygen atoms in total. The van der Waals surface area contributed by atoms with Crippen LogP contribution in [0.4, 0.5) is 5.69 Å². The van der Waals surface area contributed by atoms with Crippen LogP contribution in [0.3, 0.4) is 0 Å². The molecule has 0 amide bonds. The maximum atomic E-state index is 7.39. The average Bonchev–Trinajstić information content (AvgIpc) is 3.03. The average molecular weight is 289 g/mol. The highest BCUT2D eigenvalue weighted by Crippen LogP contribution is 2.22. The van der Waals surface area contributed by atoms with Crippen molar-refractivity contribution >= 4 is 17.7 Å². The molecule has 1 aromatic heterocycles. The summed E-state index contributed by atoms with van der Waals surface area (Å²) in [5, 5.41) is 7.39. The number of hydrogen-bond acceptors (Lipinski definition) is 3. The van der Waals surface area contributed by atoms with Gasteiger partial charge in [-0.3, -0.25) is 10.4 Å². The van der Waals surface area contributed by atoms with Crippen LogP contribution in [-0.2, 0) is 0 Å². The van der Waals surface area contributed by atoms with Gasteiger partial charge in [-0.2, -0.15) is 0 Å². The number of aliphatic imine (C=N–C) groups is 1. The number of hydrogen-bond donors (Lipinski definition) is 2. The lowest BCUT2D eigenvalue weighted by atomic mass is 10.1. The third-order valence-corrected chi connectivity index (χ3v) is 3.20. The summed E-state index contributed by atoms with van der Waals surface area (Å²) < 4.78 is 5.76. The molecule has 2 aromatic carbocycles. The molecule has 0 saturated heterocycles. The number of nitrogens with two attached hydrogens (primary N) is 1. The molecule has 0 radical (unpaired) electrons. The summed E-state index contributed by atoms with van der Waals surface area (Å²) in [6, 6.07) is 20.8. The number of amidine groups is 1. The summed E-state index contributed by atoms with van der Waals surface area (Å²) in [7, 11) is 0. The third-order valence-electron chi connectivity index (χ3n) is 3.20. The minimum Gasteiger partial charge on any atom is -0.455 e. The highest BCUT2D eigenvalue weighted by atomic mass is 16.3. The van der Waals surface area contributed by atoms with Gasteiger partial charge in [0, 0.05) is 11.1 Å². The normalized spacial score (nSPS) is 10.9. The zero-order valence-electron chi connectivity index (χ0n) is 11.9. The molecule has 0 saturated carbocycles. The molecule has 22 heavy (non-hydrogen) atoms. The molecule has 0 aliphatic carbocycles. The predicted octanol–water partition coefficient (Wildman–Crippen LogP) is 3.98. The second kappa shape index (κ2) is 6.10. The van der Waals surface area contributed by atoms with Gasteiger partial charge in [0.1, 0.15) is 17.4 Å². The Hall–Kier alpha value is -3.14. The van der Waals surface area contributed by atoms with Gasteiger partial charge < -0.3 is 10.2 Å². The molecule has 108 valence electrons. The molecule has 0 aliphatic rings. The lowest BCUT2D eigenvalue weighted by Gasteiger charge is -2.00. The molecule has 1 heterocycles. The van der Waals surface area contributed by atoms with Gasteiger partial charge in [-0.05, 0) is 24.3 Å². The van der Waals surface area contributed by atoms with E-state index in [1.54, 1.807) is 18.3 Å². The molecule has 0 unspecified atom stereocenters. The van der Waals surface area contributed by atoms with Crippen LogP contribution in [0, 0.1) is 5.41 Å². The second-order valence-electron chi connectivity index (χ2n) is 4.79. The van der Waals surface area contributed by atoms with Gasteiger partial charge in [-0.15, -0.1) is 0 Å². The zero-order chi connectivity index (χ0) is 15.4. The Bertz CT molecular complexity index is 802. The molecule has 0 bridgehead atoms. The van der Waals surface area contributed by atoms with Crippen molar-refractivity contribution in [2.75, 3.05) is 0 Å². The van der Waals surface area contributed by atoms with E-state index >= 15 is 0 Å². The lowest BCUT2D eigenvalue weighted by molar-refractivity contribution is 0.575. The topological polar surface area (TPSA) is 75.4 Å². The molecule has 3 aromatic rings. The number of rotatable bonds is 4. The number of benzene rings is 2. The fraction of sp³-hybridized carbons (Fsp3) is 0. The fourth-order valence-corrected chi connectivity index (χ4v) is 2.04. The van der Waals surface area contributed by atoms with Gasteiger partial charge in [0.2, 0.25) is 0 Å². The van der Waals surface area contributed by atoms with Crippen molar-refractivity contribution in [1.29, 1.82) is 5.41 Å². The van der Waals surface area contributed by atoms with Crippen molar-refractivity contribution in [2.24, 2.45) is 10.7 Å². The van der Waals surface area contributed by atoms with Crippen molar-refractivity contribution in [2.45, 2.75) is 0 Å². The maximum absolute atomic E-state index is 7.39. The Balaban J connectivity index is 1.79. The minimum atomic E-state index is 0.0571. The van der Waals surface area contributed by atoms with Gasteiger partial charge in [0.05, 0.1) is 11.9 Å². The van der Waals surface area contributed by atoms with E-state index in [0.717, 1.165) is 17.0 Å². The lowest BCUT2D eigenvalue weighted by Crippen LogP contribution is -2.10.